The van der Waals surface area contributed by atoms with Gasteiger partial charge in [0.2, 0.25) is 0 Å². The summed E-state index contributed by atoms with van der Waals surface area (Å²) < 4.78 is 0. The van der Waals surface area contributed by atoms with Gasteiger partial charge in [0.1, 0.15) is 0 Å². The van der Waals surface area contributed by atoms with Crippen molar-refractivity contribution in [2.45, 2.75) is 19.8 Å². The standard InChI is InChI=1S/C14H16N2O.2C10H8N2.Ru/c1-11-4-6-15-13(9-11)14-10-12(3-2-8-17)5-7-16-14;2*1-3-7-11-9(5-1)10-6-2-4-8-12-10;/h4-7,9-10,17H,2-3,8H2,1H3;2*1-8H;. The summed E-state index contributed by atoms with van der Waals surface area (Å²) >= 11 is 0. The molecule has 0 aliphatic heterocycles. The molecular formula is C34H32N6ORu. The summed E-state index contributed by atoms with van der Waals surface area (Å²) in [6.45, 7) is 2.27. The van der Waals surface area contributed by atoms with Crippen molar-refractivity contribution in [1.29, 1.82) is 0 Å². The first kappa shape index (κ1) is 32.0. The Morgan fingerprint density at radius 2 is 0.881 bits per heavy atom. The van der Waals surface area contributed by atoms with Crippen LogP contribution in [0.25, 0.3) is 34.2 Å². The molecule has 0 aliphatic rings. The fraction of sp³-hybridized carbons (Fsp3) is 0.118. The Hall–Kier alpha value is -4.52. The molecule has 1 N–H and O–H groups in total. The van der Waals surface area contributed by atoms with Gasteiger partial charge in [0, 0.05) is 63.3 Å². The van der Waals surface area contributed by atoms with Crippen molar-refractivity contribution < 1.29 is 24.6 Å². The average molecular weight is 642 g/mol. The maximum atomic E-state index is 8.82. The van der Waals surface area contributed by atoms with Gasteiger partial charge in [-0.15, -0.1) is 0 Å². The molecule has 6 heterocycles. The molecule has 0 saturated heterocycles. The molecular weight excluding hydrogens is 609 g/mol. The van der Waals surface area contributed by atoms with Gasteiger partial charge in [0.05, 0.1) is 34.2 Å². The molecule has 0 bridgehead atoms. The van der Waals surface area contributed by atoms with Crippen molar-refractivity contribution in [1.82, 2.24) is 29.9 Å². The summed E-state index contributed by atoms with van der Waals surface area (Å²) in [7, 11) is 0. The third kappa shape index (κ3) is 10.5. The molecule has 6 rings (SSSR count). The quantitative estimate of drug-likeness (QED) is 0.203. The number of aromatic nitrogens is 6. The van der Waals surface area contributed by atoms with E-state index in [9.17, 15) is 0 Å². The normalized spacial score (nSPS) is 9.76. The summed E-state index contributed by atoms with van der Waals surface area (Å²) in [5.74, 6) is 0. The van der Waals surface area contributed by atoms with Gasteiger partial charge in [-0.05, 0) is 104 Å². The number of hydrogen-bond acceptors (Lipinski definition) is 7. The van der Waals surface area contributed by atoms with E-state index in [2.05, 4.69) is 29.9 Å². The number of aliphatic hydroxyl groups is 1. The molecule has 6 aromatic rings. The molecule has 0 aliphatic carbocycles. The minimum atomic E-state index is 0. The molecule has 7 nitrogen and oxygen atoms in total. The van der Waals surface area contributed by atoms with Crippen LogP contribution >= 0.6 is 0 Å². The van der Waals surface area contributed by atoms with E-state index in [0.29, 0.717) is 0 Å². The van der Waals surface area contributed by atoms with Gasteiger partial charge in [0.25, 0.3) is 0 Å². The molecule has 0 unspecified atom stereocenters. The number of hydrogen-bond donors (Lipinski definition) is 1. The van der Waals surface area contributed by atoms with Gasteiger partial charge >= 0.3 is 0 Å². The van der Waals surface area contributed by atoms with Crippen molar-refractivity contribution in [3.63, 3.8) is 0 Å². The van der Waals surface area contributed by atoms with Crippen molar-refractivity contribution in [2.75, 3.05) is 6.61 Å². The molecule has 0 atom stereocenters. The molecule has 0 fully saturated rings. The molecule has 0 radical (unpaired) electrons. The molecule has 0 spiro atoms. The van der Waals surface area contributed by atoms with Crippen molar-refractivity contribution in [3.05, 3.63) is 145 Å². The average Bonchev–Trinajstić information content (AvgIpc) is 3.06. The first-order valence-corrected chi connectivity index (χ1v) is 13.4. The molecule has 212 valence electrons. The van der Waals surface area contributed by atoms with Gasteiger partial charge in [-0.3, -0.25) is 29.9 Å². The number of pyridine rings is 6. The van der Waals surface area contributed by atoms with E-state index in [1.807, 2.05) is 104 Å². The Labute approximate surface area is 259 Å². The van der Waals surface area contributed by atoms with Gasteiger partial charge < -0.3 is 5.11 Å². The van der Waals surface area contributed by atoms with Crippen molar-refractivity contribution in [2.24, 2.45) is 0 Å². The SMILES string of the molecule is Cc1ccnc(-c2cc(CCCO)ccn2)c1.[Ru].c1ccc(-c2ccccn2)nc1.c1ccc(-c2ccccn2)nc1. The van der Waals surface area contributed by atoms with E-state index in [0.717, 1.165) is 47.0 Å². The number of rotatable bonds is 6. The number of aryl methyl sites for hydroxylation is 2. The summed E-state index contributed by atoms with van der Waals surface area (Å²) in [6, 6.07) is 31.2. The zero-order valence-corrected chi connectivity index (χ0v) is 25.0. The van der Waals surface area contributed by atoms with E-state index in [4.69, 9.17) is 5.11 Å². The molecule has 0 aromatic carbocycles. The molecule has 42 heavy (non-hydrogen) atoms. The van der Waals surface area contributed by atoms with Crippen LogP contribution in [0.3, 0.4) is 0 Å². The number of aliphatic hydroxyl groups excluding tert-OH is 1. The van der Waals surface area contributed by atoms with E-state index in [1.165, 1.54) is 11.1 Å². The van der Waals surface area contributed by atoms with E-state index >= 15 is 0 Å². The smallest absolute Gasteiger partial charge is 0.0888 e. The Bertz CT molecular complexity index is 1420. The van der Waals surface area contributed by atoms with Crippen LogP contribution in [-0.4, -0.2) is 41.6 Å². The Balaban J connectivity index is 0.000000175. The van der Waals surface area contributed by atoms with E-state index in [1.54, 1.807) is 37.2 Å². The zero-order valence-electron chi connectivity index (χ0n) is 23.3. The maximum Gasteiger partial charge on any atom is 0.0888 e. The predicted molar refractivity (Wildman–Crippen MR) is 163 cm³/mol. The first-order chi connectivity index (χ1) is 20.2. The summed E-state index contributed by atoms with van der Waals surface area (Å²) in [5, 5.41) is 8.82. The third-order valence-electron chi connectivity index (χ3n) is 5.81. The second kappa shape index (κ2) is 18.0. The second-order valence-corrected chi connectivity index (χ2v) is 8.95. The number of nitrogens with zero attached hydrogens (tertiary/aromatic N) is 6. The van der Waals surface area contributed by atoms with Crippen LogP contribution in [-0.2, 0) is 25.9 Å². The molecule has 6 aromatic heterocycles. The van der Waals surface area contributed by atoms with Crippen LogP contribution < -0.4 is 0 Å². The van der Waals surface area contributed by atoms with E-state index < -0.39 is 0 Å². The first-order valence-electron chi connectivity index (χ1n) is 13.4. The third-order valence-corrected chi connectivity index (χ3v) is 5.81. The molecule has 0 saturated carbocycles. The van der Waals surface area contributed by atoms with Crippen LogP contribution in [0.5, 0.6) is 0 Å². The van der Waals surface area contributed by atoms with Gasteiger partial charge in [-0.2, -0.15) is 0 Å². The van der Waals surface area contributed by atoms with Crippen LogP contribution in [0.4, 0.5) is 0 Å². The topological polar surface area (TPSA) is 97.6 Å². The zero-order chi connectivity index (χ0) is 28.5. The van der Waals surface area contributed by atoms with Crippen LogP contribution in [0.2, 0.25) is 0 Å². The van der Waals surface area contributed by atoms with Gasteiger partial charge in [-0.1, -0.05) is 24.3 Å². The summed E-state index contributed by atoms with van der Waals surface area (Å²) in [5.41, 5.74) is 7.82. The Kier molecular flexibility index (Phi) is 13.7. The maximum absolute atomic E-state index is 8.82. The largest absolute Gasteiger partial charge is 0.396 e. The van der Waals surface area contributed by atoms with Crippen LogP contribution in [0.1, 0.15) is 17.5 Å². The Morgan fingerprint density at radius 3 is 1.26 bits per heavy atom. The second-order valence-electron chi connectivity index (χ2n) is 8.95. The van der Waals surface area contributed by atoms with Crippen LogP contribution in [0.15, 0.2) is 134 Å². The van der Waals surface area contributed by atoms with Gasteiger partial charge in [0.15, 0.2) is 0 Å². The van der Waals surface area contributed by atoms with Crippen molar-refractivity contribution >= 4 is 0 Å². The minimum absolute atomic E-state index is 0. The van der Waals surface area contributed by atoms with Crippen molar-refractivity contribution in [3.8, 4) is 34.2 Å². The van der Waals surface area contributed by atoms with E-state index in [-0.39, 0.29) is 26.1 Å². The fourth-order valence-corrected chi connectivity index (χ4v) is 3.79. The Morgan fingerprint density at radius 1 is 0.476 bits per heavy atom. The minimum Gasteiger partial charge on any atom is -0.396 e. The summed E-state index contributed by atoms with van der Waals surface area (Å²) in [4.78, 5) is 25.4. The fourth-order valence-electron chi connectivity index (χ4n) is 3.79. The monoisotopic (exact) mass is 642 g/mol. The molecule has 8 heteroatoms. The molecule has 0 amide bonds. The summed E-state index contributed by atoms with van der Waals surface area (Å²) in [6.07, 6.45) is 12.3. The predicted octanol–water partition coefficient (Wildman–Crippen LogP) is 6.66. The van der Waals surface area contributed by atoms with Gasteiger partial charge in [-0.25, -0.2) is 0 Å². The van der Waals surface area contributed by atoms with Crippen LogP contribution in [0, 0.1) is 6.92 Å².